The standard InChI is InChI=1S/C19H22FNO/c20-19-8-6-16(7-9-19)12-18-14-21(10-11-22-15-18)13-17-4-2-1-3-5-17/h1-9,18H,10-15H2. The van der Waals surface area contributed by atoms with Crippen LogP contribution in [0.25, 0.3) is 0 Å². The van der Waals surface area contributed by atoms with Gasteiger partial charge in [0.05, 0.1) is 13.2 Å². The zero-order valence-corrected chi connectivity index (χ0v) is 12.7. The molecular formula is C19H22FNO. The smallest absolute Gasteiger partial charge is 0.123 e. The molecule has 1 fully saturated rings. The van der Waals surface area contributed by atoms with Gasteiger partial charge in [-0.05, 0) is 35.6 Å². The molecule has 0 saturated carbocycles. The Morgan fingerprint density at radius 2 is 1.77 bits per heavy atom. The Morgan fingerprint density at radius 3 is 2.55 bits per heavy atom. The Bertz CT molecular complexity index is 570. The first-order valence-corrected chi connectivity index (χ1v) is 7.88. The molecule has 1 aliphatic heterocycles. The van der Waals surface area contributed by atoms with E-state index in [0.717, 1.165) is 39.3 Å². The Hall–Kier alpha value is -1.71. The van der Waals surface area contributed by atoms with Gasteiger partial charge >= 0.3 is 0 Å². The molecule has 1 aliphatic rings. The Labute approximate surface area is 131 Å². The van der Waals surface area contributed by atoms with Crippen molar-refractivity contribution < 1.29 is 9.13 Å². The van der Waals surface area contributed by atoms with Crippen molar-refractivity contribution in [3.8, 4) is 0 Å². The van der Waals surface area contributed by atoms with Crippen LogP contribution in [-0.2, 0) is 17.7 Å². The highest BCUT2D eigenvalue weighted by Gasteiger charge is 2.19. The largest absolute Gasteiger partial charge is 0.380 e. The minimum atomic E-state index is -0.174. The lowest BCUT2D eigenvalue weighted by atomic mass is 9.99. The molecule has 3 rings (SSSR count). The minimum absolute atomic E-state index is 0.174. The molecular weight excluding hydrogens is 277 g/mol. The van der Waals surface area contributed by atoms with Crippen molar-refractivity contribution in [2.45, 2.75) is 13.0 Å². The van der Waals surface area contributed by atoms with Crippen LogP contribution < -0.4 is 0 Å². The molecule has 2 aromatic rings. The van der Waals surface area contributed by atoms with Gasteiger partial charge in [-0.3, -0.25) is 4.90 Å². The maximum atomic E-state index is 13.0. The Kier molecular flexibility index (Phi) is 5.20. The molecule has 1 unspecified atom stereocenters. The SMILES string of the molecule is Fc1ccc(CC2COCCN(Cc3ccccc3)C2)cc1. The fourth-order valence-electron chi connectivity index (χ4n) is 3.02. The zero-order valence-electron chi connectivity index (χ0n) is 12.7. The van der Waals surface area contributed by atoms with E-state index in [2.05, 4.69) is 29.2 Å². The van der Waals surface area contributed by atoms with Gasteiger partial charge < -0.3 is 4.74 Å². The molecule has 0 radical (unpaired) electrons. The highest BCUT2D eigenvalue weighted by atomic mass is 19.1. The third kappa shape index (κ3) is 4.39. The number of halogens is 1. The molecule has 1 heterocycles. The van der Waals surface area contributed by atoms with E-state index in [-0.39, 0.29) is 5.82 Å². The van der Waals surface area contributed by atoms with Gasteiger partial charge in [0.2, 0.25) is 0 Å². The van der Waals surface area contributed by atoms with Gasteiger partial charge in [0.15, 0.2) is 0 Å². The number of rotatable bonds is 4. The normalized spacial score (nSPS) is 19.8. The van der Waals surface area contributed by atoms with Gasteiger partial charge in [0, 0.05) is 19.6 Å². The number of hydrogen-bond acceptors (Lipinski definition) is 2. The molecule has 1 atom stereocenters. The highest BCUT2D eigenvalue weighted by Crippen LogP contribution is 2.16. The van der Waals surface area contributed by atoms with E-state index in [1.165, 1.54) is 23.3 Å². The fourth-order valence-corrected chi connectivity index (χ4v) is 3.02. The topological polar surface area (TPSA) is 12.5 Å². The predicted octanol–water partition coefficient (Wildman–Crippen LogP) is 3.52. The van der Waals surface area contributed by atoms with Gasteiger partial charge in [0.1, 0.15) is 5.82 Å². The first kappa shape index (κ1) is 15.2. The van der Waals surface area contributed by atoms with Crippen LogP contribution in [0.5, 0.6) is 0 Å². The van der Waals surface area contributed by atoms with Crippen LogP contribution in [0.3, 0.4) is 0 Å². The molecule has 0 amide bonds. The van der Waals surface area contributed by atoms with E-state index in [1.807, 2.05) is 18.2 Å². The monoisotopic (exact) mass is 299 g/mol. The first-order valence-electron chi connectivity index (χ1n) is 7.88. The lowest BCUT2D eigenvalue weighted by molar-refractivity contribution is 0.121. The van der Waals surface area contributed by atoms with Crippen molar-refractivity contribution in [3.63, 3.8) is 0 Å². The zero-order chi connectivity index (χ0) is 15.2. The number of ether oxygens (including phenoxy) is 1. The molecule has 0 spiro atoms. The Morgan fingerprint density at radius 1 is 1.00 bits per heavy atom. The van der Waals surface area contributed by atoms with Crippen LogP contribution >= 0.6 is 0 Å². The highest BCUT2D eigenvalue weighted by molar-refractivity contribution is 5.17. The van der Waals surface area contributed by atoms with E-state index in [4.69, 9.17) is 4.74 Å². The third-order valence-electron chi connectivity index (χ3n) is 4.11. The van der Waals surface area contributed by atoms with E-state index in [0.29, 0.717) is 5.92 Å². The van der Waals surface area contributed by atoms with Gasteiger partial charge in [0.25, 0.3) is 0 Å². The van der Waals surface area contributed by atoms with Crippen LogP contribution in [0, 0.1) is 11.7 Å². The van der Waals surface area contributed by atoms with Crippen LogP contribution in [0.1, 0.15) is 11.1 Å². The molecule has 22 heavy (non-hydrogen) atoms. The maximum Gasteiger partial charge on any atom is 0.123 e. The number of benzene rings is 2. The maximum absolute atomic E-state index is 13.0. The second-order valence-electron chi connectivity index (χ2n) is 5.99. The second-order valence-corrected chi connectivity index (χ2v) is 5.99. The van der Waals surface area contributed by atoms with Crippen LogP contribution in [-0.4, -0.2) is 31.2 Å². The van der Waals surface area contributed by atoms with E-state index in [1.54, 1.807) is 0 Å². The van der Waals surface area contributed by atoms with Crippen LogP contribution in [0.4, 0.5) is 4.39 Å². The van der Waals surface area contributed by atoms with E-state index < -0.39 is 0 Å². The van der Waals surface area contributed by atoms with Crippen molar-refractivity contribution in [1.82, 2.24) is 4.90 Å². The van der Waals surface area contributed by atoms with Crippen molar-refractivity contribution in [3.05, 3.63) is 71.5 Å². The average molecular weight is 299 g/mol. The van der Waals surface area contributed by atoms with Crippen LogP contribution in [0.2, 0.25) is 0 Å². The molecule has 3 heteroatoms. The summed E-state index contributed by atoms with van der Waals surface area (Å²) in [6, 6.07) is 17.4. The van der Waals surface area contributed by atoms with Gasteiger partial charge in [-0.1, -0.05) is 42.5 Å². The Balaban J connectivity index is 1.61. The lowest BCUT2D eigenvalue weighted by Gasteiger charge is -2.23. The summed E-state index contributed by atoms with van der Waals surface area (Å²) in [7, 11) is 0. The van der Waals surface area contributed by atoms with Crippen LogP contribution in [0.15, 0.2) is 54.6 Å². The fraction of sp³-hybridized carbons (Fsp3) is 0.368. The molecule has 0 bridgehead atoms. The van der Waals surface area contributed by atoms with E-state index in [9.17, 15) is 4.39 Å². The number of nitrogens with zero attached hydrogens (tertiary/aromatic N) is 1. The predicted molar refractivity (Wildman–Crippen MR) is 86.1 cm³/mol. The quantitative estimate of drug-likeness (QED) is 0.856. The lowest BCUT2D eigenvalue weighted by Crippen LogP contribution is -2.30. The second kappa shape index (κ2) is 7.52. The summed E-state index contributed by atoms with van der Waals surface area (Å²) in [5, 5.41) is 0. The summed E-state index contributed by atoms with van der Waals surface area (Å²) >= 11 is 0. The van der Waals surface area contributed by atoms with Gasteiger partial charge in [-0.15, -0.1) is 0 Å². The van der Waals surface area contributed by atoms with Crippen molar-refractivity contribution in [2.75, 3.05) is 26.3 Å². The minimum Gasteiger partial charge on any atom is -0.380 e. The summed E-state index contributed by atoms with van der Waals surface area (Å²) in [4.78, 5) is 2.45. The molecule has 0 aromatic heterocycles. The van der Waals surface area contributed by atoms with E-state index >= 15 is 0 Å². The summed E-state index contributed by atoms with van der Waals surface area (Å²) < 4.78 is 18.8. The molecule has 0 N–H and O–H groups in total. The van der Waals surface area contributed by atoms with Crippen molar-refractivity contribution >= 4 is 0 Å². The molecule has 1 saturated heterocycles. The van der Waals surface area contributed by atoms with Crippen molar-refractivity contribution in [2.24, 2.45) is 5.92 Å². The van der Waals surface area contributed by atoms with Gasteiger partial charge in [-0.2, -0.15) is 0 Å². The molecule has 0 aliphatic carbocycles. The third-order valence-corrected chi connectivity index (χ3v) is 4.11. The summed E-state index contributed by atoms with van der Waals surface area (Å²) in [5.41, 5.74) is 2.52. The summed E-state index contributed by atoms with van der Waals surface area (Å²) in [6.07, 6.45) is 0.936. The average Bonchev–Trinajstić information content (AvgIpc) is 2.76. The molecule has 2 nitrogen and oxygen atoms in total. The van der Waals surface area contributed by atoms with Crippen molar-refractivity contribution in [1.29, 1.82) is 0 Å². The molecule has 2 aromatic carbocycles. The van der Waals surface area contributed by atoms with Gasteiger partial charge in [-0.25, -0.2) is 4.39 Å². The summed E-state index contributed by atoms with van der Waals surface area (Å²) in [6.45, 7) is 4.51. The number of hydrogen-bond donors (Lipinski definition) is 0. The summed E-state index contributed by atoms with van der Waals surface area (Å²) in [5.74, 6) is 0.281. The first-order chi connectivity index (χ1) is 10.8. The molecule has 116 valence electrons.